The molecular weight excluding hydrogens is 328 g/mol. The fourth-order valence-electron chi connectivity index (χ4n) is 2.58. The number of aromatic carboxylic acids is 1. The Balaban J connectivity index is 2.15. The predicted molar refractivity (Wildman–Crippen MR) is 89.2 cm³/mol. The molecule has 0 aliphatic heterocycles. The Kier molecular flexibility index (Phi) is 5.85. The van der Waals surface area contributed by atoms with E-state index in [1.165, 1.54) is 18.2 Å². The molecule has 0 heterocycles. The number of halogens is 2. The molecule has 0 fully saturated rings. The highest BCUT2D eigenvalue weighted by Crippen LogP contribution is 2.25. The van der Waals surface area contributed by atoms with Crippen LogP contribution in [0, 0.1) is 17.6 Å². The largest absolute Gasteiger partial charge is 0.478 e. The van der Waals surface area contributed by atoms with Gasteiger partial charge in [0.05, 0.1) is 18.0 Å². The zero-order valence-electron chi connectivity index (χ0n) is 13.9. The molecular formula is C19H19F2NO3. The van der Waals surface area contributed by atoms with Crippen molar-refractivity contribution >= 4 is 11.9 Å². The number of carboxylic acid groups (broad SMARTS) is 1. The molecule has 0 spiro atoms. The molecule has 2 rings (SSSR count). The molecule has 2 aromatic carbocycles. The van der Waals surface area contributed by atoms with Gasteiger partial charge in [-0.2, -0.15) is 0 Å². The van der Waals surface area contributed by atoms with Crippen LogP contribution in [-0.2, 0) is 11.2 Å². The van der Waals surface area contributed by atoms with Crippen LogP contribution in [0.1, 0.15) is 41.4 Å². The molecule has 6 heteroatoms. The van der Waals surface area contributed by atoms with Crippen LogP contribution in [0.4, 0.5) is 8.78 Å². The predicted octanol–water partition coefficient (Wildman–Crippen LogP) is 3.72. The maximum atomic E-state index is 14.0. The molecule has 4 nitrogen and oxygen atoms in total. The first-order valence-electron chi connectivity index (χ1n) is 7.84. The van der Waals surface area contributed by atoms with Crippen LogP contribution in [-0.4, -0.2) is 17.0 Å². The van der Waals surface area contributed by atoms with E-state index in [-0.39, 0.29) is 29.4 Å². The van der Waals surface area contributed by atoms with Gasteiger partial charge in [0.25, 0.3) is 0 Å². The molecule has 0 radical (unpaired) electrons. The number of nitrogens with one attached hydrogen (secondary N) is 1. The van der Waals surface area contributed by atoms with Gasteiger partial charge in [-0.1, -0.05) is 32.0 Å². The Morgan fingerprint density at radius 3 is 2.44 bits per heavy atom. The van der Waals surface area contributed by atoms with E-state index in [9.17, 15) is 18.4 Å². The minimum atomic E-state index is -1.07. The second-order valence-corrected chi connectivity index (χ2v) is 6.14. The van der Waals surface area contributed by atoms with E-state index < -0.39 is 23.6 Å². The first kappa shape index (κ1) is 18.6. The summed E-state index contributed by atoms with van der Waals surface area (Å²) in [5.41, 5.74) is 0.846. The summed E-state index contributed by atoms with van der Waals surface area (Å²) in [5.74, 6) is -2.96. The molecule has 0 aromatic heterocycles. The lowest BCUT2D eigenvalue weighted by atomic mass is 9.95. The van der Waals surface area contributed by atoms with Crippen LogP contribution in [0.2, 0.25) is 0 Å². The van der Waals surface area contributed by atoms with Crippen molar-refractivity contribution in [1.29, 1.82) is 0 Å². The molecule has 1 unspecified atom stereocenters. The molecule has 1 amide bonds. The standard InChI is InChI=1S/C19H19F2NO3/c1-11(2)18(15-7-6-14(20)10-16(15)21)22-17(23)9-12-4-3-5-13(8-12)19(24)25/h3-8,10-11,18H,9H2,1-2H3,(H,22,23)(H,24,25). The molecule has 0 saturated heterocycles. The SMILES string of the molecule is CC(C)C(NC(=O)Cc1cccc(C(=O)O)c1)c1ccc(F)cc1F. The minimum Gasteiger partial charge on any atom is -0.478 e. The van der Waals surface area contributed by atoms with Gasteiger partial charge in [-0.25, -0.2) is 13.6 Å². The topological polar surface area (TPSA) is 66.4 Å². The summed E-state index contributed by atoms with van der Waals surface area (Å²) >= 11 is 0. The summed E-state index contributed by atoms with van der Waals surface area (Å²) in [6.07, 6.45) is -0.0346. The molecule has 2 N–H and O–H groups in total. The van der Waals surface area contributed by atoms with Gasteiger partial charge < -0.3 is 10.4 Å². The normalized spacial score (nSPS) is 12.0. The zero-order valence-corrected chi connectivity index (χ0v) is 13.9. The van der Waals surface area contributed by atoms with E-state index in [0.717, 1.165) is 12.1 Å². The van der Waals surface area contributed by atoms with Crippen molar-refractivity contribution in [3.63, 3.8) is 0 Å². The first-order chi connectivity index (χ1) is 11.8. The monoisotopic (exact) mass is 347 g/mol. The minimum absolute atomic E-state index is 0.0346. The highest BCUT2D eigenvalue weighted by molar-refractivity contribution is 5.88. The Hall–Kier alpha value is -2.76. The molecule has 0 aliphatic carbocycles. The van der Waals surface area contributed by atoms with E-state index in [2.05, 4.69) is 5.32 Å². The fraction of sp³-hybridized carbons (Fsp3) is 0.263. The third kappa shape index (κ3) is 4.86. The molecule has 132 valence electrons. The quantitative estimate of drug-likeness (QED) is 0.837. The average molecular weight is 347 g/mol. The number of benzene rings is 2. The molecule has 25 heavy (non-hydrogen) atoms. The number of hydrogen-bond acceptors (Lipinski definition) is 2. The van der Waals surface area contributed by atoms with Crippen molar-refractivity contribution in [2.24, 2.45) is 5.92 Å². The van der Waals surface area contributed by atoms with Crippen molar-refractivity contribution in [3.05, 3.63) is 70.8 Å². The van der Waals surface area contributed by atoms with Crippen molar-refractivity contribution in [2.75, 3.05) is 0 Å². The lowest BCUT2D eigenvalue weighted by Crippen LogP contribution is -2.33. The third-order valence-corrected chi connectivity index (χ3v) is 3.82. The van der Waals surface area contributed by atoms with Gasteiger partial charge in [-0.05, 0) is 29.7 Å². The van der Waals surface area contributed by atoms with Gasteiger partial charge in [-0.3, -0.25) is 4.79 Å². The zero-order chi connectivity index (χ0) is 18.6. The molecule has 1 atom stereocenters. The van der Waals surface area contributed by atoms with Crippen molar-refractivity contribution in [3.8, 4) is 0 Å². The van der Waals surface area contributed by atoms with Crippen LogP contribution >= 0.6 is 0 Å². The summed E-state index contributed by atoms with van der Waals surface area (Å²) < 4.78 is 27.1. The summed E-state index contributed by atoms with van der Waals surface area (Å²) in [6, 6.07) is 8.71. The molecule has 2 aromatic rings. The van der Waals surface area contributed by atoms with Gasteiger partial charge in [0.1, 0.15) is 11.6 Å². The van der Waals surface area contributed by atoms with E-state index >= 15 is 0 Å². The fourth-order valence-corrected chi connectivity index (χ4v) is 2.58. The van der Waals surface area contributed by atoms with Crippen molar-refractivity contribution in [2.45, 2.75) is 26.3 Å². The van der Waals surface area contributed by atoms with Gasteiger partial charge in [-0.15, -0.1) is 0 Å². The number of rotatable bonds is 6. The second-order valence-electron chi connectivity index (χ2n) is 6.14. The maximum absolute atomic E-state index is 14.0. The second kappa shape index (κ2) is 7.88. The molecule has 0 aliphatic rings. The lowest BCUT2D eigenvalue weighted by molar-refractivity contribution is -0.121. The molecule has 0 saturated carbocycles. The van der Waals surface area contributed by atoms with Crippen LogP contribution in [0.25, 0.3) is 0 Å². The Morgan fingerprint density at radius 1 is 1.12 bits per heavy atom. The van der Waals surface area contributed by atoms with Gasteiger partial charge >= 0.3 is 5.97 Å². The summed E-state index contributed by atoms with van der Waals surface area (Å²) in [7, 11) is 0. The van der Waals surface area contributed by atoms with Crippen molar-refractivity contribution < 1.29 is 23.5 Å². The first-order valence-corrected chi connectivity index (χ1v) is 7.84. The van der Waals surface area contributed by atoms with Crippen LogP contribution in [0.5, 0.6) is 0 Å². The van der Waals surface area contributed by atoms with Gasteiger partial charge in [0.15, 0.2) is 0 Å². The van der Waals surface area contributed by atoms with Crippen molar-refractivity contribution in [1.82, 2.24) is 5.32 Å². The van der Waals surface area contributed by atoms with E-state index in [1.807, 2.05) is 13.8 Å². The molecule has 0 bridgehead atoms. The summed E-state index contributed by atoms with van der Waals surface area (Å²) in [6.45, 7) is 3.64. The Morgan fingerprint density at radius 2 is 1.84 bits per heavy atom. The van der Waals surface area contributed by atoms with Crippen LogP contribution < -0.4 is 5.32 Å². The van der Waals surface area contributed by atoms with Gasteiger partial charge in [0.2, 0.25) is 5.91 Å². The number of hydrogen-bond donors (Lipinski definition) is 2. The van der Waals surface area contributed by atoms with Gasteiger partial charge in [0, 0.05) is 11.6 Å². The number of carboxylic acids is 1. The Labute approximate surface area is 144 Å². The number of amides is 1. The Bertz CT molecular complexity index is 790. The summed E-state index contributed by atoms with van der Waals surface area (Å²) in [4.78, 5) is 23.3. The van der Waals surface area contributed by atoms with Crippen LogP contribution in [0.15, 0.2) is 42.5 Å². The smallest absolute Gasteiger partial charge is 0.335 e. The van der Waals surface area contributed by atoms with E-state index in [1.54, 1.807) is 12.1 Å². The van der Waals surface area contributed by atoms with E-state index in [0.29, 0.717) is 5.56 Å². The maximum Gasteiger partial charge on any atom is 0.335 e. The third-order valence-electron chi connectivity index (χ3n) is 3.82. The lowest BCUT2D eigenvalue weighted by Gasteiger charge is -2.23. The highest BCUT2D eigenvalue weighted by atomic mass is 19.1. The average Bonchev–Trinajstić information content (AvgIpc) is 2.53. The van der Waals surface area contributed by atoms with Crippen LogP contribution in [0.3, 0.4) is 0 Å². The highest BCUT2D eigenvalue weighted by Gasteiger charge is 2.22. The number of carbonyl (C=O) groups excluding carboxylic acids is 1. The number of carbonyl (C=O) groups is 2. The summed E-state index contributed by atoms with van der Waals surface area (Å²) in [5, 5.41) is 11.7. The van der Waals surface area contributed by atoms with E-state index in [4.69, 9.17) is 5.11 Å².